The monoisotopic (exact) mass is 247 g/mol. The number of benzene rings is 1. The summed E-state index contributed by atoms with van der Waals surface area (Å²) in [4.78, 5) is 8.24. The van der Waals surface area contributed by atoms with Gasteiger partial charge in [0, 0.05) is 36.2 Å². The van der Waals surface area contributed by atoms with Gasteiger partial charge in [-0.3, -0.25) is 9.97 Å². The molecule has 3 nitrogen and oxygen atoms in total. The molecule has 1 aromatic heterocycles. The van der Waals surface area contributed by atoms with Crippen LogP contribution in [0.1, 0.15) is 24.2 Å². The average molecular weight is 248 g/mol. The van der Waals surface area contributed by atoms with E-state index in [-0.39, 0.29) is 6.04 Å². The summed E-state index contributed by atoms with van der Waals surface area (Å²) in [5.41, 5.74) is 2.10. The molecule has 1 heterocycles. The summed E-state index contributed by atoms with van der Waals surface area (Å²) in [5.74, 6) is 0. The average Bonchev–Trinajstić information content (AvgIpc) is 2.37. The van der Waals surface area contributed by atoms with Crippen molar-refractivity contribution in [1.82, 2.24) is 15.3 Å². The fraction of sp³-hybridized carbons (Fsp3) is 0.231. The van der Waals surface area contributed by atoms with Gasteiger partial charge in [0.1, 0.15) is 0 Å². The van der Waals surface area contributed by atoms with E-state index in [9.17, 15) is 0 Å². The van der Waals surface area contributed by atoms with E-state index in [1.165, 1.54) is 5.56 Å². The third-order valence-corrected chi connectivity index (χ3v) is 2.79. The van der Waals surface area contributed by atoms with Crippen LogP contribution in [-0.2, 0) is 6.54 Å². The van der Waals surface area contributed by atoms with Gasteiger partial charge in [-0.1, -0.05) is 23.7 Å². The van der Waals surface area contributed by atoms with Crippen LogP contribution in [0.4, 0.5) is 0 Å². The van der Waals surface area contributed by atoms with E-state index < -0.39 is 0 Å². The molecule has 2 rings (SSSR count). The van der Waals surface area contributed by atoms with Crippen molar-refractivity contribution in [2.45, 2.75) is 19.5 Å². The van der Waals surface area contributed by atoms with E-state index in [0.717, 1.165) is 10.7 Å². The highest BCUT2D eigenvalue weighted by Gasteiger charge is 2.05. The first-order chi connectivity index (χ1) is 8.25. The van der Waals surface area contributed by atoms with Crippen molar-refractivity contribution in [2.75, 3.05) is 0 Å². The van der Waals surface area contributed by atoms with Gasteiger partial charge in [-0.15, -0.1) is 0 Å². The number of hydrogen-bond acceptors (Lipinski definition) is 3. The largest absolute Gasteiger partial charge is 0.305 e. The Morgan fingerprint density at radius 2 is 2.24 bits per heavy atom. The molecule has 0 aliphatic heterocycles. The van der Waals surface area contributed by atoms with E-state index in [0.29, 0.717) is 6.54 Å². The molecule has 1 N–H and O–H groups in total. The molecule has 0 bridgehead atoms. The molecule has 1 unspecified atom stereocenters. The lowest BCUT2D eigenvalue weighted by molar-refractivity contribution is 0.566. The summed E-state index contributed by atoms with van der Waals surface area (Å²) >= 11 is 5.96. The van der Waals surface area contributed by atoms with Gasteiger partial charge < -0.3 is 5.32 Å². The van der Waals surface area contributed by atoms with E-state index in [4.69, 9.17) is 11.6 Å². The highest BCUT2D eigenvalue weighted by atomic mass is 35.5. The van der Waals surface area contributed by atoms with Gasteiger partial charge in [0.2, 0.25) is 0 Å². The summed E-state index contributed by atoms with van der Waals surface area (Å²) < 4.78 is 0. The van der Waals surface area contributed by atoms with Gasteiger partial charge in [-0.2, -0.15) is 0 Å². The van der Waals surface area contributed by atoms with Gasteiger partial charge >= 0.3 is 0 Å². The van der Waals surface area contributed by atoms with Crippen LogP contribution in [0.2, 0.25) is 5.02 Å². The zero-order valence-electron chi connectivity index (χ0n) is 9.60. The normalized spacial score (nSPS) is 12.4. The van der Waals surface area contributed by atoms with E-state index >= 15 is 0 Å². The first-order valence-electron chi connectivity index (χ1n) is 5.49. The Morgan fingerprint density at radius 3 is 2.94 bits per heavy atom. The lowest BCUT2D eigenvalue weighted by Gasteiger charge is -2.13. The van der Waals surface area contributed by atoms with Crippen molar-refractivity contribution >= 4 is 11.6 Å². The Bertz CT molecular complexity index is 473. The minimum atomic E-state index is 0.232. The van der Waals surface area contributed by atoms with Crippen molar-refractivity contribution in [3.8, 4) is 0 Å². The molecule has 0 aliphatic carbocycles. The van der Waals surface area contributed by atoms with Crippen molar-refractivity contribution in [1.29, 1.82) is 0 Å². The first-order valence-corrected chi connectivity index (χ1v) is 5.87. The Balaban J connectivity index is 1.96. The molecule has 17 heavy (non-hydrogen) atoms. The summed E-state index contributed by atoms with van der Waals surface area (Å²) in [7, 11) is 0. The van der Waals surface area contributed by atoms with Gasteiger partial charge in [0.05, 0.1) is 5.69 Å². The minimum Gasteiger partial charge on any atom is -0.305 e. The van der Waals surface area contributed by atoms with Crippen LogP contribution in [0.25, 0.3) is 0 Å². The second-order valence-corrected chi connectivity index (χ2v) is 4.29. The number of nitrogens with zero attached hydrogens (tertiary/aromatic N) is 2. The fourth-order valence-corrected chi connectivity index (χ4v) is 1.77. The molecular formula is C13H14ClN3. The van der Waals surface area contributed by atoms with Crippen LogP contribution in [0.15, 0.2) is 42.9 Å². The number of rotatable bonds is 4. The summed E-state index contributed by atoms with van der Waals surface area (Å²) in [5, 5.41) is 4.14. The third-order valence-electron chi connectivity index (χ3n) is 2.55. The molecule has 0 amide bonds. The minimum absolute atomic E-state index is 0.232. The van der Waals surface area contributed by atoms with Crippen molar-refractivity contribution < 1.29 is 0 Å². The first kappa shape index (κ1) is 12.0. The highest BCUT2D eigenvalue weighted by molar-refractivity contribution is 6.30. The standard InChI is InChI=1S/C13H14ClN3/c1-10(11-3-2-4-12(14)7-11)17-9-13-8-15-5-6-16-13/h2-8,10,17H,9H2,1H3. The summed E-state index contributed by atoms with van der Waals surface area (Å²) in [6.45, 7) is 2.80. The number of nitrogens with one attached hydrogen (secondary N) is 1. The summed E-state index contributed by atoms with van der Waals surface area (Å²) in [6, 6.07) is 8.09. The molecule has 88 valence electrons. The van der Waals surface area contributed by atoms with Crippen LogP contribution >= 0.6 is 11.6 Å². The predicted octanol–water partition coefficient (Wildman–Crippen LogP) is 2.98. The second kappa shape index (κ2) is 5.75. The molecule has 0 saturated heterocycles. The molecular weight excluding hydrogens is 234 g/mol. The fourth-order valence-electron chi connectivity index (χ4n) is 1.57. The maximum absolute atomic E-state index is 5.96. The van der Waals surface area contributed by atoms with E-state index in [1.807, 2.05) is 18.2 Å². The predicted molar refractivity (Wildman–Crippen MR) is 68.7 cm³/mol. The number of hydrogen-bond donors (Lipinski definition) is 1. The molecule has 1 aromatic carbocycles. The van der Waals surface area contributed by atoms with E-state index in [1.54, 1.807) is 18.6 Å². The van der Waals surface area contributed by atoms with Crippen molar-refractivity contribution in [3.05, 3.63) is 59.1 Å². The smallest absolute Gasteiger partial charge is 0.0724 e. The molecule has 0 saturated carbocycles. The van der Waals surface area contributed by atoms with Crippen LogP contribution in [0.5, 0.6) is 0 Å². The van der Waals surface area contributed by atoms with Gasteiger partial charge in [0.15, 0.2) is 0 Å². The maximum Gasteiger partial charge on any atom is 0.0724 e. The second-order valence-electron chi connectivity index (χ2n) is 3.85. The maximum atomic E-state index is 5.96. The molecule has 2 aromatic rings. The molecule has 1 atom stereocenters. The van der Waals surface area contributed by atoms with E-state index in [2.05, 4.69) is 28.3 Å². The van der Waals surface area contributed by atoms with Crippen LogP contribution in [-0.4, -0.2) is 9.97 Å². The molecule has 0 fully saturated rings. The summed E-state index contributed by atoms with van der Waals surface area (Å²) in [6.07, 6.45) is 5.13. The molecule has 0 aliphatic rings. The number of halogens is 1. The van der Waals surface area contributed by atoms with Crippen molar-refractivity contribution in [2.24, 2.45) is 0 Å². The number of aromatic nitrogens is 2. The van der Waals surface area contributed by atoms with Gasteiger partial charge in [-0.25, -0.2) is 0 Å². The third kappa shape index (κ3) is 3.51. The van der Waals surface area contributed by atoms with Crippen LogP contribution in [0, 0.1) is 0 Å². The zero-order chi connectivity index (χ0) is 12.1. The Labute approximate surface area is 106 Å². The molecule has 0 spiro atoms. The quantitative estimate of drug-likeness (QED) is 0.903. The van der Waals surface area contributed by atoms with Gasteiger partial charge in [-0.05, 0) is 24.6 Å². The lowest BCUT2D eigenvalue weighted by atomic mass is 10.1. The van der Waals surface area contributed by atoms with Crippen LogP contribution < -0.4 is 5.32 Å². The highest BCUT2D eigenvalue weighted by Crippen LogP contribution is 2.17. The van der Waals surface area contributed by atoms with Crippen molar-refractivity contribution in [3.63, 3.8) is 0 Å². The Hall–Kier alpha value is -1.45. The Kier molecular flexibility index (Phi) is 4.07. The van der Waals surface area contributed by atoms with Crippen LogP contribution in [0.3, 0.4) is 0 Å². The lowest BCUT2D eigenvalue weighted by Crippen LogP contribution is -2.18. The zero-order valence-corrected chi connectivity index (χ0v) is 10.4. The SMILES string of the molecule is CC(NCc1cnccn1)c1cccc(Cl)c1. The topological polar surface area (TPSA) is 37.8 Å². The molecule has 0 radical (unpaired) electrons. The van der Waals surface area contributed by atoms with Gasteiger partial charge in [0.25, 0.3) is 0 Å². The molecule has 4 heteroatoms. The Morgan fingerprint density at radius 1 is 1.35 bits per heavy atom.